The van der Waals surface area contributed by atoms with Gasteiger partial charge < -0.3 is 20.1 Å². The topological polar surface area (TPSA) is 78.9 Å². The summed E-state index contributed by atoms with van der Waals surface area (Å²) in [5.41, 5.74) is 0.0776. The molecule has 0 aromatic heterocycles. The van der Waals surface area contributed by atoms with Crippen LogP contribution in [0.4, 0.5) is 0 Å². The zero-order valence-electron chi connectivity index (χ0n) is 17.9. The quantitative estimate of drug-likeness (QED) is 0.749. The molecule has 1 unspecified atom stereocenters. The molecular weight excluding hydrogens is 356 g/mol. The first-order chi connectivity index (χ1) is 13.3. The second-order valence-electron chi connectivity index (χ2n) is 9.70. The minimum Gasteiger partial charge on any atom is -0.392 e. The Balaban J connectivity index is 1.72. The Kier molecular flexibility index (Phi) is 6.70. The van der Waals surface area contributed by atoms with Crippen molar-refractivity contribution < 1.29 is 19.4 Å². The summed E-state index contributed by atoms with van der Waals surface area (Å²) < 4.78 is 4.95. The number of likely N-dealkylation sites (tertiary alicyclic amines) is 1. The van der Waals surface area contributed by atoms with E-state index in [1.807, 2.05) is 11.8 Å². The van der Waals surface area contributed by atoms with Crippen molar-refractivity contribution in [3.8, 4) is 0 Å². The molecule has 1 aliphatic heterocycles. The van der Waals surface area contributed by atoms with Crippen LogP contribution in [-0.2, 0) is 14.3 Å². The standard InChI is InChI=1S/C22H38N2O4/c1-14(21(27)24-11-5-6-12-24)16-7-9-22(3)10-8-17(23-18(25)13-28-4)15(2)19(22)20(16)26/h14-17,19-20,26H,5-13H2,1-4H3,(H,23,25)/t14-,15+,16?,17-,19+,20-,22-/m0/s1. The number of amides is 2. The van der Waals surface area contributed by atoms with E-state index in [0.29, 0.717) is 0 Å². The minimum atomic E-state index is -0.502. The number of rotatable bonds is 5. The van der Waals surface area contributed by atoms with Gasteiger partial charge in [-0.1, -0.05) is 20.8 Å². The van der Waals surface area contributed by atoms with E-state index in [4.69, 9.17) is 4.74 Å². The zero-order valence-corrected chi connectivity index (χ0v) is 17.9. The highest BCUT2D eigenvalue weighted by Gasteiger charge is 2.54. The number of fused-ring (bicyclic) bond motifs is 1. The lowest BCUT2D eigenvalue weighted by Crippen LogP contribution is -2.58. The maximum atomic E-state index is 12.9. The lowest BCUT2D eigenvalue weighted by Gasteiger charge is -2.56. The summed E-state index contributed by atoms with van der Waals surface area (Å²) >= 11 is 0. The smallest absolute Gasteiger partial charge is 0.246 e. The predicted octanol–water partition coefficient (Wildman–Crippen LogP) is 2.20. The van der Waals surface area contributed by atoms with Crippen molar-refractivity contribution >= 4 is 11.8 Å². The van der Waals surface area contributed by atoms with Crippen LogP contribution < -0.4 is 5.32 Å². The van der Waals surface area contributed by atoms with Gasteiger partial charge in [0.2, 0.25) is 11.8 Å². The van der Waals surface area contributed by atoms with Crippen LogP contribution in [0.5, 0.6) is 0 Å². The molecule has 1 heterocycles. The molecule has 0 spiro atoms. The molecule has 2 aliphatic carbocycles. The van der Waals surface area contributed by atoms with Gasteiger partial charge in [0.15, 0.2) is 0 Å². The van der Waals surface area contributed by atoms with Gasteiger partial charge >= 0.3 is 0 Å². The van der Waals surface area contributed by atoms with Gasteiger partial charge in [0.25, 0.3) is 0 Å². The van der Waals surface area contributed by atoms with Crippen molar-refractivity contribution in [3.63, 3.8) is 0 Å². The van der Waals surface area contributed by atoms with Crippen molar-refractivity contribution in [3.05, 3.63) is 0 Å². The molecule has 0 aromatic carbocycles. The molecule has 0 radical (unpaired) electrons. The van der Waals surface area contributed by atoms with E-state index >= 15 is 0 Å². The first kappa shape index (κ1) is 21.6. The van der Waals surface area contributed by atoms with Crippen LogP contribution in [-0.4, -0.2) is 60.8 Å². The molecule has 3 aliphatic rings. The van der Waals surface area contributed by atoms with Gasteiger partial charge in [-0.05, 0) is 61.7 Å². The largest absolute Gasteiger partial charge is 0.392 e. The number of aliphatic hydroxyl groups excluding tert-OH is 1. The molecular formula is C22H38N2O4. The minimum absolute atomic E-state index is 0.00190. The first-order valence-corrected chi connectivity index (χ1v) is 11.0. The second-order valence-corrected chi connectivity index (χ2v) is 9.70. The Morgan fingerprint density at radius 1 is 1.25 bits per heavy atom. The average molecular weight is 395 g/mol. The Bertz CT molecular complexity index is 577. The third-order valence-electron chi connectivity index (χ3n) is 7.96. The molecule has 7 atom stereocenters. The molecule has 0 aromatic rings. The summed E-state index contributed by atoms with van der Waals surface area (Å²) in [7, 11) is 1.52. The first-order valence-electron chi connectivity index (χ1n) is 11.0. The van der Waals surface area contributed by atoms with Crippen LogP contribution in [0.25, 0.3) is 0 Å². The maximum absolute atomic E-state index is 12.9. The van der Waals surface area contributed by atoms with E-state index in [2.05, 4.69) is 19.2 Å². The highest BCUT2D eigenvalue weighted by atomic mass is 16.5. The average Bonchev–Trinajstić information content (AvgIpc) is 3.18. The fourth-order valence-electron chi connectivity index (χ4n) is 6.29. The van der Waals surface area contributed by atoms with Crippen molar-refractivity contribution in [2.75, 3.05) is 26.8 Å². The van der Waals surface area contributed by atoms with E-state index in [1.54, 1.807) is 0 Å². The second kappa shape index (κ2) is 8.70. The Labute approximate surface area is 169 Å². The lowest BCUT2D eigenvalue weighted by atomic mass is 9.51. The molecule has 2 N–H and O–H groups in total. The summed E-state index contributed by atoms with van der Waals surface area (Å²) in [5.74, 6) is 0.240. The molecule has 160 valence electrons. The number of carbonyl (C=O) groups excluding carboxylic acids is 2. The van der Waals surface area contributed by atoms with Crippen LogP contribution in [0.15, 0.2) is 0 Å². The van der Waals surface area contributed by atoms with Crippen LogP contribution >= 0.6 is 0 Å². The number of hydrogen-bond acceptors (Lipinski definition) is 4. The highest BCUT2D eigenvalue weighted by molar-refractivity contribution is 5.79. The molecule has 3 fully saturated rings. The van der Waals surface area contributed by atoms with Crippen LogP contribution in [0.3, 0.4) is 0 Å². The fraction of sp³-hybridized carbons (Fsp3) is 0.909. The summed E-state index contributed by atoms with van der Waals surface area (Å²) in [6, 6.07) is 0.0544. The normalized spacial score (nSPS) is 39.3. The van der Waals surface area contributed by atoms with Gasteiger partial charge in [-0.2, -0.15) is 0 Å². The number of hydrogen-bond donors (Lipinski definition) is 2. The molecule has 2 saturated carbocycles. The van der Waals surface area contributed by atoms with Crippen molar-refractivity contribution in [2.45, 2.75) is 71.4 Å². The van der Waals surface area contributed by atoms with Crippen molar-refractivity contribution in [1.82, 2.24) is 10.2 Å². The Morgan fingerprint density at radius 2 is 1.89 bits per heavy atom. The molecule has 2 amide bonds. The third kappa shape index (κ3) is 4.09. The van der Waals surface area contributed by atoms with Crippen LogP contribution in [0.2, 0.25) is 0 Å². The molecule has 3 rings (SSSR count). The number of carbonyl (C=O) groups is 2. The van der Waals surface area contributed by atoms with Crippen molar-refractivity contribution in [1.29, 1.82) is 0 Å². The number of ether oxygens (including phenoxy) is 1. The number of aliphatic hydroxyl groups is 1. The zero-order chi connectivity index (χ0) is 20.5. The van der Waals surface area contributed by atoms with E-state index in [0.717, 1.165) is 51.6 Å². The van der Waals surface area contributed by atoms with Gasteiger partial charge in [-0.25, -0.2) is 0 Å². The van der Waals surface area contributed by atoms with Gasteiger partial charge in [0.05, 0.1) is 6.10 Å². The van der Waals surface area contributed by atoms with E-state index < -0.39 is 6.10 Å². The molecule has 6 heteroatoms. The van der Waals surface area contributed by atoms with Gasteiger partial charge in [0, 0.05) is 32.2 Å². The molecule has 0 bridgehead atoms. The highest BCUT2D eigenvalue weighted by Crippen LogP contribution is 2.55. The van der Waals surface area contributed by atoms with E-state index in [9.17, 15) is 14.7 Å². The van der Waals surface area contributed by atoms with Crippen molar-refractivity contribution in [2.24, 2.45) is 29.1 Å². The fourth-order valence-corrected chi connectivity index (χ4v) is 6.29. The molecule has 28 heavy (non-hydrogen) atoms. The SMILES string of the molecule is COCC(=O)N[C@H]1CC[C@]2(C)CCC([C@H](C)C(=O)N3CCCC3)[C@H](O)[C@H]2[C@@H]1C. The number of methoxy groups -OCH3 is 1. The molecule has 1 saturated heterocycles. The summed E-state index contributed by atoms with van der Waals surface area (Å²) in [5, 5.41) is 14.5. The third-order valence-corrected chi connectivity index (χ3v) is 7.96. The molecule has 6 nitrogen and oxygen atoms in total. The summed E-state index contributed by atoms with van der Waals surface area (Å²) in [6.07, 6.45) is 5.56. The summed E-state index contributed by atoms with van der Waals surface area (Å²) in [6.45, 7) is 8.22. The Hall–Kier alpha value is -1.14. The maximum Gasteiger partial charge on any atom is 0.246 e. The van der Waals surface area contributed by atoms with E-state index in [-0.39, 0.29) is 53.5 Å². The predicted molar refractivity (Wildman–Crippen MR) is 108 cm³/mol. The monoisotopic (exact) mass is 394 g/mol. The number of nitrogens with one attached hydrogen (secondary N) is 1. The summed E-state index contributed by atoms with van der Waals surface area (Å²) in [4.78, 5) is 27.0. The van der Waals surface area contributed by atoms with E-state index in [1.165, 1.54) is 7.11 Å². The lowest BCUT2D eigenvalue weighted by molar-refractivity contribution is -0.150. The van der Waals surface area contributed by atoms with Gasteiger partial charge in [0.1, 0.15) is 6.61 Å². The van der Waals surface area contributed by atoms with Crippen LogP contribution in [0.1, 0.15) is 59.3 Å². The Morgan fingerprint density at radius 3 is 2.54 bits per heavy atom. The van der Waals surface area contributed by atoms with Gasteiger partial charge in [-0.3, -0.25) is 9.59 Å². The van der Waals surface area contributed by atoms with Gasteiger partial charge in [-0.15, -0.1) is 0 Å². The van der Waals surface area contributed by atoms with Crippen LogP contribution in [0, 0.1) is 29.1 Å². The number of nitrogens with zero attached hydrogens (tertiary/aromatic N) is 1.